The molecule has 1 aromatic carbocycles. The molecule has 5 nitrogen and oxygen atoms in total. The maximum Gasteiger partial charge on any atom is 0.267 e. The molecule has 30 heavy (non-hydrogen) atoms. The van der Waals surface area contributed by atoms with Crippen LogP contribution in [0.3, 0.4) is 0 Å². The molecule has 2 aliphatic rings. The lowest BCUT2D eigenvalue weighted by atomic mass is 9.97. The number of ketones is 1. The number of thiophene rings is 1. The van der Waals surface area contributed by atoms with E-state index in [0.717, 1.165) is 48.7 Å². The predicted molar refractivity (Wildman–Crippen MR) is 122 cm³/mol. The normalized spacial score (nSPS) is 19.1. The van der Waals surface area contributed by atoms with Crippen molar-refractivity contribution >= 4 is 39.1 Å². The Balaban J connectivity index is 1.74. The van der Waals surface area contributed by atoms with Crippen LogP contribution >= 0.6 is 23.1 Å². The van der Waals surface area contributed by atoms with Crippen LogP contribution in [0.2, 0.25) is 0 Å². The van der Waals surface area contributed by atoms with Gasteiger partial charge in [0.05, 0.1) is 23.4 Å². The Hall–Kier alpha value is -2.12. The lowest BCUT2D eigenvalue weighted by Crippen LogP contribution is -2.26. The summed E-state index contributed by atoms with van der Waals surface area (Å²) >= 11 is 3.09. The van der Waals surface area contributed by atoms with Crippen LogP contribution in [0.4, 0.5) is 0 Å². The number of rotatable bonds is 4. The molecule has 0 radical (unpaired) electrons. The molecule has 0 saturated heterocycles. The van der Waals surface area contributed by atoms with Crippen molar-refractivity contribution in [2.75, 3.05) is 7.11 Å². The molecule has 156 valence electrons. The number of Topliss-reactive ketones (excluding diaryl/α,β-unsaturated/α-hetero) is 1. The molecule has 7 heteroatoms. The quantitative estimate of drug-likeness (QED) is 0.538. The molecule has 0 aliphatic heterocycles. The minimum atomic E-state index is -0.140. The van der Waals surface area contributed by atoms with E-state index in [9.17, 15) is 9.59 Å². The largest absolute Gasteiger partial charge is 0.495 e. The van der Waals surface area contributed by atoms with Crippen LogP contribution in [0.5, 0.6) is 5.75 Å². The van der Waals surface area contributed by atoms with Gasteiger partial charge in [-0.05, 0) is 56.2 Å². The van der Waals surface area contributed by atoms with Crippen LogP contribution in [-0.2, 0) is 17.6 Å². The van der Waals surface area contributed by atoms with E-state index in [-0.39, 0.29) is 16.6 Å². The SMILES string of the molecule is COc1ccccc1-n1c(SC2CCCCC2=O)nc2sc3c(c2c1=O)CCCC3. The van der Waals surface area contributed by atoms with Gasteiger partial charge < -0.3 is 4.74 Å². The second-order valence-electron chi connectivity index (χ2n) is 7.92. The molecule has 0 amide bonds. The monoisotopic (exact) mass is 440 g/mol. The van der Waals surface area contributed by atoms with Gasteiger partial charge in [0.2, 0.25) is 0 Å². The van der Waals surface area contributed by atoms with Crippen molar-refractivity contribution in [3.8, 4) is 11.4 Å². The van der Waals surface area contributed by atoms with Crippen LogP contribution in [0, 0.1) is 0 Å². The summed E-state index contributed by atoms with van der Waals surface area (Å²) in [5, 5.41) is 1.20. The molecule has 2 aromatic heterocycles. The van der Waals surface area contributed by atoms with Crippen LogP contribution in [0.15, 0.2) is 34.2 Å². The molecular formula is C23H24N2O3S2. The number of para-hydroxylation sites is 2. The number of hydrogen-bond donors (Lipinski definition) is 0. The van der Waals surface area contributed by atoms with E-state index < -0.39 is 0 Å². The molecule has 1 unspecified atom stereocenters. The minimum absolute atomic E-state index is 0.0466. The first-order chi connectivity index (χ1) is 14.7. The Morgan fingerprint density at radius 3 is 2.73 bits per heavy atom. The first-order valence-electron chi connectivity index (χ1n) is 10.6. The smallest absolute Gasteiger partial charge is 0.267 e. The van der Waals surface area contributed by atoms with E-state index in [1.807, 2.05) is 24.3 Å². The highest BCUT2D eigenvalue weighted by atomic mass is 32.2. The number of carbonyl (C=O) groups is 1. The van der Waals surface area contributed by atoms with Crippen molar-refractivity contribution in [3.05, 3.63) is 45.1 Å². The van der Waals surface area contributed by atoms with Gasteiger partial charge in [0.1, 0.15) is 16.4 Å². The van der Waals surface area contributed by atoms with Gasteiger partial charge in [-0.1, -0.05) is 30.3 Å². The molecule has 0 spiro atoms. The fraction of sp³-hybridized carbons (Fsp3) is 0.435. The zero-order valence-corrected chi connectivity index (χ0v) is 18.6. The lowest BCUT2D eigenvalue weighted by Gasteiger charge is -2.21. The van der Waals surface area contributed by atoms with Gasteiger partial charge in [-0.2, -0.15) is 0 Å². The molecule has 2 aliphatic carbocycles. The summed E-state index contributed by atoms with van der Waals surface area (Å²) in [6.45, 7) is 0. The topological polar surface area (TPSA) is 61.2 Å². The molecule has 5 rings (SSSR count). The zero-order chi connectivity index (χ0) is 20.7. The standard InChI is InChI=1S/C23H24N2O3S2/c1-28-17-11-5-3-9-15(17)25-22(27)20-14-8-2-6-12-18(14)29-21(20)24-23(25)30-19-13-7-4-10-16(19)26/h3,5,9,11,19H,2,4,6-8,10,12-13H2,1H3. The van der Waals surface area contributed by atoms with E-state index >= 15 is 0 Å². The zero-order valence-electron chi connectivity index (χ0n) is 17.0. The van der Waals surface area contributed by atoms with E-state index in [2.05, 4.69) is 0 Å². The van der Waals surface area contributed by atoms with E-state index in [1.165, 1.54) is 28.6 Å². The number of fused-ring (bicyclic) bond motifs is 3. The Labute approximate surface area is 183 Å². The number of hydrogen-bond acceptors (Lipinski definition) is 6. The highest BCUT2D eigenvalue weighted by Gasteiger charge is 2.28. The summed E-state index contributed by atoms with van der Waals surface area (Å²) in [5.74, 6) is 0.888. The second kappa shape index (κ2) is 8.19. The Morgan fingerprint density at radius 2 is 1.90 bits per heavy atom. The number of benzene rings is 1. The molecule has 0 N–H and O–H groups in total. The van der Waals surface area contributed by atoms with Gasteiger partial charge in [-0.3, -0.25) is 14.2 Å². The molecule has 3 aromatic rings. The fourth-order valence-electron chi connectivity index (χ4n) is 4.50. The average molecular weight is 441 g/mol. The van der Waals surface area contributed by atoms with Gasteiger partial charge in [0, 0.05) is 11.3 Å². The number of aryl methyl sites for hydroxylation is 2. The summed E-state index contributed by atoms with van der Waals surface area (Å²) in [5.41, 5.74) is 1.81. The maximum absolute atomic E-state index is 13.8. The number of aromatic nitrogens is 2. The van der Waals surface area contributed by atoms with Gasteiger partial charge >= 0.3 is 0 Å². The first-order valence-corrected chi connectivity index (χ1v) is 12.3. The van der Waals surface area contributed by atoms with Crippen LogP contribution < -0.4 is 10.3 Å². The third-order valence-corrected chi connectivity index (χ3v) is 8.48. The van der Waals surface area contributed by atoms with E-state index in [4.69, 9.17) is 9.72 Å². The number of nitrogens with zero attached hydrogens (tertiary/aromatic N) is 2. The van der Waals surface area contributed by atoms with Crippen molar-refractivity contribution in [1.82, 2.24) is 9.55 Å². The summed E-state index contributed by atoms with van der Waals surface area (Å²) in [7, 11) is 1.61. The number of thioether (sulfide) groups is 1. The number of ether oxygens (including phenoxy) is 1. The fourth-order valence-corrected chi connectivity index (χ4v) is 7.02. The predicted octanol–water partition coefficient (Wildman–Crippen LogP) is 4.94. The maximum atomic E-state index is 13.8. The van der Waals surface area contributed by atoms with Crippen molar-refractivity contribution in [3.63, 3.8) is 0 Å². The van der Waals surface area contributed by atoms with E-state index in [1.54, 1.807) is 23.0 Å². The Morgan fingerprint density at radius 1 is 1.10 bits per heavy atom. The highest BCUT2D eigenvalue weighted by Crippen LogP contribution is 2.38. The van der Waals surface area contributed by atoms with Crippen LogP contribution in [0.1, 0.15) is 49.0 Å². The van der Waals surface area contributed by atoms with Gasteiger partial charge in [0.15, 0.2) is 5.16 Å². The van der Waals surface area contributed by atoms with Crippen molar-refractivity contribution < 1.29 is 9.53 Å². The van der Waals surface area contributed by atoms with Gasteiger partial charge in [-0.15, -0.1) is 11.3 Å². The molecule has 2 heterocycles. The third kappa shape index (κ3) is 3.38. The summed E-state index contributed by atoms with van der Waals surface area (Å²) in [4.78, 5) is 33.4. The minimum Gasteiger partial charge on any atom is -0.495 e. The highest BCUT2D eigenvalue weighted by molar-refractivity contribution is 8.00. The molecular weight excluding hydrogens is 416 g/mol. The molecule has 0 bridgehead atoms. The van der Waals surface area contributed by atoms with E-state index in [0.29, 0.717) is 23.0 Å². The first kappa shape index (κ1) is 19.8. The summed E-state index contributed by atoms with van der Waals surface area (Å²) in [6.07, 6.45) is 7.69. The Kier molecular flexibility index (Phi) is 5.41. The summed E-state index contributed by atoms with van der Waals surface area (Å²) in [6, 6.07) is 7.54. The van der Waals surface area contributed by atoms with Crippen LogP contribution in [-0.4, -0.2) is 27.7 Å². The number of carbonyl (C=O) groups excluding carboxylic acids is 1. The third-order valence-electron chi connectivity index (χ3n) is 6.03. The molecule has 1 fully saturated rings. The lowest BCUT2D eigenvalue weighted by molar-refractivity contribution is -0.119. The van der Waals surface area contributed by atoms with Gasteiger partial charge in [0.25, 0.3) is 5.56 Å². The van der Waals surface area contributed by atoms with Gasteiger partial charge in [-0.25, -0.2) is 4.98 Å². The average Bonchev–Trinajstić information content (AvgIpc) is 3.14. The van der Waals surface area contributed by atoms with Crippen LogP contribution in [0.25, 0.3) is 15.9 Å². The molecule has 1 saturated carbocycles. The second-order valence-corrected chi connectivity index (χ2v) is 10.2. The van der Waals surface area contributed by atoms with Crippen molar-refractivity contribution in [2.45, 2.75) is 61.8 Å². The summed E-state index contributed by atoms with van der Waals surface area (Å²) < 4.78 is 7.24. The Bertz CT molecular complexity index is 1180. The van der Waals surface area contributed by atoms with Crippen molar-refractivity contribution in [1.29, 1.82) is 0 Å². The number of methoxy groups -OCH3 is 1. The molecule has 1 atom stereocenters. The van der Waals surface area contributed by atoms with Crippen molar-refractivity contribution in [2.24, 2.45) is 0 Å².